The summed E-state index contributed by atoms with van der Waals surface area (Å²) in [5.74, 6) is 0.646. The van der Waals surface area contributed by atoms with Gasteiger partial charge in [-0.3, -0.25) is 14.4 Å². The van der Waals surface area contributed by atoms with Crippen LogP contribution in [0.15, 0.2) is 60.7 Å². The molecule has 11 heteroatoms. The molecule has 226 valence electrons. The van der Waals surface area contributed by atoms with Crippen LogP contribution < -0.4 is 19.5 Å². The van der Waals surface area contributed by atoms with Gasteiger partial charge in [0.25, 0.3) is 0 Å². The fourth-order valence-corrected chi connectivity index (χ4v) is 5.51. The molecule has 0 saturated heterocycles. The average Bonchev–Trinajstić information content (AvgIpc) is 3.00. The number of amides is 2. The molecule has 0 radical (unpaired) electrons. The van der Waals surface area contributed by atoms with Crippen LogP contribution in [0, 0.1) is 3.57 Å². The van der Waals surface area contributed by atoms with Crippen molar-refractivity contribution in [2.45, 2.75) is 43.9 Å². The number of ether oxygens (including phenoxy) is 3. The Balaban J connectivity index is 2.00. The summed E-state index contributed by atoms with van der Waals surface area (Å²) in [7, 11) is 3.02. The number of halogens is 1. The van der Waals surface area contributed by atoms with E-state index in [-0.39, 0.29) is 44.2 Å². The molecule has 1 aliphatic rings. The molecular formula is C31H37IN2O8. The molecule has 1 aliphatic carbocycles. The number of rotatable bonds is 15. The van der Waals surface area contributed by atoms with Gasteiger partial charge in [0.05, 0.1) is 30.4 Å². The summed E-state index contributed by atoms with van der Waals surface area (Å²) in [5.41, 5.74) is 1.65. The maximum absolute atomic E-state index is 13.5. The predicted octanol–water partition coefficient (Wildman–Crippen LogP) is 3.07. The Kier molecular flexibility index (Phi) is 12.8. The van der Waals surface area contributed by atoms with Crippen molar-refractivity contribution in [2.75, 3.05) is 33.9 Å². The molecule has 0 aromatic heterocycles. The van der Waals surface area contributed by atoms with Crippen molar-refractivity contribution in [3.05, 3.63) is 75.4 Å². The summed E-state index contributed by atoms with van der Waals surface area (Å²) >= 11 is 2.01. The zero-order valence-electron chi connectivity index (χ0n) is 23.8. The van der Waals surface area contributed by atoms with Crippen LogP contribution in [0.1, 0.15) is 35.2 Å². The van der Waals surface area contributed by atoms with E-state index in [2.05, 4.69) is 11.9 Å². The van der Waals surface area contributed by atoms with Crippen molar-refractivity contribution in [3.8, 4) is 17.2 Å². The van der Waals surface area contributed by atoms with Gasteiger partial charge in [0.1, 0.15) is 24.2 Å². The normalized spacial score (nSPS) is 17.9. The lowest BCUT2D eigenvalue weighted by Crippen LogP contribution is -2.55. The molecule has 3 atom stereocenters. The lowest BCUT2D eigenvalue weighted by molar-refractivity contribution is -0.138. The number of hydrogen-bond acceptors (Lipinski definition) is 8. The van der Waals surface area contributed by atoms with E-state index in [4.69, 9.17) is 14.2 Å². The number of methoxy groups -OCH3 is 2. The first-order valence-corrected chi connectivity index (χ1v) is 14.6. The van der Waals surface area contributed by atoms with Gasteiger partial charge in [-0.2, -0.15) is 0 Å². The zero-order valence-corrected chi connectivity index (χ0v) is 25.9. The molecule has 2 aromatic rings. The quantitative estimate of drug-likeness (QED) is 0.147. The lowest BCUT2D eigenvalue weighted by atomic mass is 9.87. The second kappa shape index (κ2) is 16.3. The van der Waals surface area contributed by atoms with Gasteiger partial charge in [0, 0.05) is 37.1 Å². The highest BCUT2D eigenvalue weighted by Gasteiger charge is 2.40. The Hall–Kier alpha value is -3.42. The maximum Gasteiger partial charge on any atom is 0.247 e. The van der Waals surface area contributed by atoms with E-state index in [0.29, 0.717) is 45.3 Å². The van der Waals surface area contributed by atoms with Gasteiger partial charge in [0.15, 0.2) is 11.5 Å². The number of hydrogen-bond donors (Lipinski definition) is 3. The van der Waals surface area contributed by atoms with Crippen molar-refractivity contribution in [3.63, 3.8) is 0 Å². The van der Waals surface area contributed by atoms with Crippen LogP contribution in [-0.4, -0.2) is 85.4 Å². The minimum atomic E-state index is -1.20. The monoisotopic (exact) mass is 692 g/mol. The largest absolute Gasteiger partial charge is 0.497 e. The standard InChI is InChI=1S/C31H37IN2O8/c1-4-5-9-28(37)34(12-10-20-7-6-8-23(14-20)40-2)25-17-22(31(39)33-11-13-35)18-26(29(25)38)42-30-24(32)15-21(19-36)16-27(30)41-3/h4,6-8,14-16,18-19,25-26,29,35,38H,1,5,9-13,17H2,2-3H3,(H,33,39). The summed E-state index contributed by atoms with van der Waals surface area (Å²) in [4.78, 5) is 39.6. The Morgan fingerprint density at radius 1 is 1.21 bits per heavy atom. The maximum atomic E-state index is 13.5. The van der Waals surface area contributed by atoms with Crippen LogP contribution >= 0.6 is 22.6 Å². The first kappa shape index (κ1) is 33.1. The Morgan fingerprint density at radius 3 is 2.67 bits per heavy atom. The van der Waals surface area contributed by atoms with Gasteiger partial charge in [0.2, 0.25) is 11.8 Å². The van der Waals surface area contributed by atoms with E-state index in [0.717, 1.165) is 5.56 Å². The number of aliphatic hydroxyl groups is 2. The molecule has 3 unspecified atom stereocenters. The highest BCUT2D eigenvalue weighted by Crippen LogP contribution is 2.37. The molecule has 0 heterocycles. The Bertz CT molecular complexity index is 1300. The van der Waals surface area contributed by atoms with E-state index in [1.54, 1.807) is 24.2 Å². The van der Waals surface area contributed by atoms with Crippen molar-refractivity contribution >= 4 is 40.7 Å². The molecule has 2 amide bonds. The summed E-state index contributed by atoms with van der Waals surface area (Å²) in [5, 5.41) is 23.6. The van der Waals surface area contributed by atoms with Gasteiger partial charge in [-0.1, -0.05) is 18.2 Å². The molecule has 3 N–H and O–H groups in total. The summed E-state index contributed by atoms with van der Waals surface area (Å²) in [6.07, 6.45) is 2.85. The number of benzene rings is 2. The molecule has 2 aromatic carbocycles. The van der Waals surface area contributed by atoms with Crippen LogP contribution in [0.3, 0.4) is 0 Å². The van der Waals surface area contributed by atoms with Crippen LogP contribution in [0.2, 0.25) is 0 Å². The molecule has 0 spiro atoms. The minimum absolute atomic E-state index is 0.0472. The topological polar surface area (TPSA) is 135 Å². The van der Waals surface area contributed by atoms with E-state index in [9.17, 15) is 24.6 Å². The molecule has 0 fully saturated rings. The average molecular weight is 693 g/mol. The van der Waals surface area contributed by atoms with Gasteiger partial charge in [-0.25, -0.2) is 0 Å². The van der Waals surface area contributed by atoms with Crippen LogP contribution in [-0.2, 0) is 16.0 Å². The number of carbonyl (C=O) groups excluding carboxylic acids is 3. The molecule has 42 heavy (non-hydrogen) atoms. The minimum Gasteiger partial charge on any atom is -0.497 e. The molecule has 3 rings (SSSR count). The van der Waals surface area contributed by atoms with E-state index in [1.165, 1.54) is 19.3 Å². The highest BCUT2D eigenvalue weighted by atomic mass is 127. The molecule has 10 nitrogen and oxygen atoms in total. The van der Waals surface area contributed by atoms with Crippen LogP contribution in [0.4, 0.5) is 0 Å². The third-order valence-corrected chi connectivity index (χ3v) is 7.72. The first-order chi connectivity index (χ1) is 20.3. The number of nitrogens with zero attached hydrogens (tertiary/aromatic N) is 1. The smallest absolute Gasteiger partial charge is 0.247 e. The Morgan fingerprint density at radius 2 is 2.00 bits per heavy atom. The first-order valence-electron chi connectivity index (χ1n) is 13.6. The van der Waals surface area contributed by atoms with Crippen molar-refractivity contribution in [1.29, 1.82) is 0 Å². The second-order valence-electron chi connectivity index (χ2n) is 9.68. The van der Waals surface area contributed by atoms with Crippen LogP contribution in [0.25, 0.3) is 0 Å². The molecular weight excluding hydrogens is 655 g/mol. The highest BCUT2D eigenvalue weighted by molar-refractivity contribution is 14.1. The third-order valence-electron chi connectivity index (χ3n) is 6.91. The number of carbonyl (C=O) groups is 3. The summed E-state index contributed by atoms with van der Waals surface area (Å²) < 4.78 is 17.6. The van der Waals surface area contributed by atoms with Gasteiger partial charge in [-0.15, -0.1) is 6.58 Å². The number of nitrogens with one attached hydrogen (secondary N) is 1. The summed E-state index contributed by atoms with van der Waals surface area (Å²) in [6.45, 7) is 3.80. The molecule has 0 saturated carbocycles. The van der Waals surface area contributed by atoms with E-state index < -0.39 is 24.2 Å². The van der Waals surface area contributed by atoms with E-state index in [1.807, 2.05) is 46.9 Å². The second-order valence-corrected chi connectivity index (χ2v) is 10.8. The summed E-state index contributed by atoms with van der Waals surface area (Å²) in [6, 6.07) is 9.88. The fourth-order valence-electron chi connectivity index (χ4n) is 4.76. The predicted molar refractivity (Wildman–Crippen MR) is 166 cm³/mol. The van der Waals surface area contributed by atoms with Gasteiger partial charge < -0.3 is 34.6 Å². The molecule has 0 aliphatic heterocycles. The van der Waals surface area contributed by atoms with Gasteiger partial charge >= 0.3 is 0 Å². The van der Waals surface area contributed by atoms with Crippen molar-refractivity contribution in [2.24, 2.45) is 0 Å². The van der Waals surface area contributed by atoms with Gasteiger partial charge in [-0.05, 0) is 71.3 Å². The molecule has 0 bridgehead atoms. The van der Waals surface area contributed by atoms with Crippen LogP contribution in [0.5, 0.6) is 17.2 Å². The van der Waals surface area contributed by atoms with Crippen molar-refractivity contribution < 1.29 is 38.8 Å². The Labute approximate surface area is 259 Å². The van der Waals surface area contributed by atoms with E-state index >= 15 is 0 Å². The zero-order chi connectivity index (χ0) is 30.6. The SMILES string of the molecule is C=CCCC(=O)N(CCc1cccc(OC)c1)C1CC(C(=O)NCCO)=CC(Oc2c(I)cc(C=O)cc2OC)C1O. The number of aldehydes is 1. The van der Waals surface area contributed by atoms with Crippen molar-refractivity contribution in [1.82, 2.24) is 10.2 Å². The lowest BCUT2D eigenvalue weighted by Gasteiger charge is -2.41. The number of allylic oxidation sites excluding steroid dienone is 1. The third kappa shape index (κ3) is 8.55. The number of aliphatic hydroxyl groups excluding tert-OH is 2. The fraction of sp³-hybridized carbons (Fsp3) is 0.387.